The molecular weight excluding hydrogens is 434 g/mol. The molecule has 0 spiro atoms. The fourth-order valence-electron chi connectivity index (χ4n) is 3.40. The van der Waals surface area contributed by atoms with Crippen LogP contribution in [0.4, 0.5) is 10.6 Å². The van der Waals surface area contributed by atoms with Crippen molar-refractivity contribution in [3.8, 4) is 5.69 Å². The van der Waals surface area contributed by atoms with Gasteiger partial charge in [0.05, 0.1) is 36.7 Å². The molecule has 2 heterocycles. The van der Waals surface area contributed by atoms with E-state index in [0.717, 1.165) is 18.5 Å². The highest BCUT2D eigenvalue weighted by Crippen LogP contribution is 2.41. The Labute approximate surface area is 189 Å². The Hall–Kier alpha value is -3.17. The molecule has 1 saturated carbocycles. The van der Waals surface area contributed by atoms with E-state index in [9.17, 15) is 14.7 Å². The molecule has 0 radical (unpaired) electrons. The van der Waals surface area contributed by atoms with E-state index in [0.29, 0.717) is 27.7 Å². The highest BCUT2D eigenvalue weighted by atomic mass is 35.5. The van der Waals surface area contributed by atoms with Crippen molar-refractivity contribution in [1.82, 2.24) is 19.6 Å². The van der Waals surface area contributed by atoms with E-state index in [2.05, 4.69) is 15.5 Å². The Balaban J connectivity index is 1.50. The summed E-state index contributed by atoms with van der Waals surface area (Å²) < 4.78 is 7.90. The molecule has 1 amide bonds. The highest BCUT2D eigenvalue weighted by molar-refractivity contribution is 6.30. The second-order valence-electron chi connectivity index (χ2n) is 7.74. The second-order valence-corrected chi connectivity index (χ2v) is 8.18. The van der Waals surface area contributed by atoms with Crippen LogP contribution >= 0.6 is 11.6 Å². The van der Waals surface area contributed by atoms with Crippen LogP contribution in [0.2, 0.25) is 5.02 Å². The molecule has 32 heavy (non-hydrogen) atoms. The average Bonchev–Trinajstić information content (AvgIpc) is 3.34. The number of hydrogen-bond donors (Lipinski definition) is 2. The average molecular weight is 458 g/mol. The zero-order valence-electron chi connectivity index (χ0n) is 17.8. The van der Waals surface area contributed by atoms with Gasteiger partial charge in [-0.05, 0) is 50.5 Å². The molecule has 1 aliphatic carbocycles. The third-order valence-corrected chi connectivity index (χ3v) is 5.53. The van der Waals surface area contributed by atoms with E-state index >= 15 is 0 Å². The molecule has 0 saturated heterocycles. The lowest BCUT2D eigenvalue weighted by Crippen LogP contribution is -2.20. The van der Waals surface area contributed by atoms with E-state index in [4.69, 9.17) is 16.3 Å². The van der Waals surface area contributed by atoms with Crippen LogP contribution in [0.5, 0.6) is 0 Å². The van der Waals surface area contributed by atoms with Gasteiger partial charge in [-0.25, -0.2) is 9.48 Å². The quantitative estimate of drug-likeness (QED) is 0.557. The van der Waals surface area contributed by atoms with Crippen molar-refractivity contribution in [3.05, 3.63) is 58.5 Å². The Morgan fingerprint density at radius 2 is 2.09 bits per heavy atom. The van der Waals surface area contributed by atoms with Gasteiger partial charge in [0.15, 0.2) is 5.82 Å². The first kappa shape index (κ1) is 22.0. The third kappa shape index (κ3) is 4.68. The molecule has 0 bridgehead atoms. The molecule has 1 unspecified atom stereocenters. The van der Waals surface area contributed by atoms with Crippen molar-refractivity contribution in [3.63, 3.8) is 0 Å². The molecule has 2 N–H and O–H groups in total. The number of hydrogen-bond acceptors (Lipinski definition) is 6. The van der Waals surface area contributed by atoms with Gasteiger partial charge in [-0.3, -0.25) is 4.79 Å². The summed E-state index contributed by atoms with van der Waals surface area (Å²) >= 11 is 6.11. The lowest BCUT2D eigenvalue weighted by molar-refractivity contribution is -0.117. The standard InChI is InChI=1S/C22H24ClN5O4/c1-3-32-22(31)28-19(15-4-5-15)9-20(26-28)25-21(30)13(2)16-10-24-27(11-16)18-7-14(12-29)6-17(23)8-18/h6-11,13,15,29H,3-5,12H2,1-2H3,(H,25,26,30). The summed E-state index contributed by atoms with van der Waals surface area (Å²) in [6.07, 6.45) is 4.76. The number of halogens is 1. The maximum atomic E-state index is 12.8. The van der Waals surface area contributed by atoms with Gasteiger partial charge in [0.25, 0.3) is 0 Å². The number of aliphatic hydroxyl groups is 1. The summed E-state index contributed by atoms with van der Waals surface area (Å²) in [4.78, 5) is 25.0. The van der Waals surface area contributed by atoms with Gasteiger partial charge in [0.2, 0.25) is 5.91 Å². The molecule has 0 aliphatic heterocycles. The molecule has 3 aromatic rings. The highest BCUT2D eigenvalue weighted by Gasteiger charge is 2.31. The second kappa shape index (κ2) is 9.13. The lowest BCUT2D eigenvalue weighted by Gasteiger charge is -2.09. The molecule has 10 heteroatoms. The smallest absolute Gasteiger partial charge is 0.434 e. The molecule has 168 valence electrons. The van der Waals surface area contributed by atoms with Gasteiger partial charge in [-0.2, -0.15) is 9.78 Å². The minimum Gasteiger partial charge on any atom is -0.448 e. The first-order valence-electron chi connectivity index (χ1n) is 10.4. The van der Waals surface area contributed by atoms with Crippen molar-refractivity contribution >= 4 is 29.4 Å². The molecule has 1 fully saturated rings. The molecule has 2 aromatic heterocycles. The first-order valence-corrected chi connectivity index (χ1v) is 10.8. The van der Waals surface area contributed by atoms with E-state index in [1.54, 1.807) is 55.2 Å². The summed E-state index contributed by atoms with van der Waals surface area (Å²) in [5.41, 5.74) is 2.79. The van der Waals surface area contributed by atoms with Crippen molar-refractivity contribution in [2.24, 2.45) is 0 Å². The Kier molecular flexibility index (Phi) is 6.29. The molecule has 1 aliphatic rings. The fourth-order valence-corrected chi connectivity index (χ4v) is 3.65. The normalized spacial score (nSPS) is 14.2. The number of rotatable bonds is 7. The van der Waals surface area contributed by atoms with E-state index in [1.165, 1.54) is 4.68 Å². The summed E-state index contributed by atoms with van der Waals surface area (Å²) in [5, 5.41) is 21.2. The van der Waals surface area contributed by atoms with Crippen molar-refractivity contribution < 1.29 is 19.4 Å². The fraction of sp³-hybridized carbons (Fsp3) is 0.364. The number of nitrogens with one attached hydrogen (secondary N) is 1. The number of carbonyl (C=O) groups is 2. The van der Waals surface area contributed by atoms with Crippen LogP contribution < -0.4 is 5.32 Å². The molecule has 1 atom stereocenters. The summed E-state index contributed by atoms with van der Waals surface area (Å²) in [6, 6.07) is 6.90. The number of ether oxygens (including phenoxy) is 1. The Bertz CT molecular complexity index is 1150. The number of aliphatic hydroxyl groups excluding tert-OH is 1. The van der Waals surface area contributed by atoms with E-state index in [1.807, 2.05) is 0 Å². The zero-order chi connectivity index (χ0) is 22.8. The largest absolute Gasteiger partial charge is 0.448 e. The monoisotopic (exact) mass is 457 g/mol. The summed E-state index contributed by atoms with van der Waals surface area (Å²) in [6.45, 7) is 3.61. The van der Waals surface area contributed by atoms with Crippen LogP contribution in [0.15, 0.2) is 36.7 Å². The SMILES string of the molecule is CCOC(=O)n1nc(NC(=O)C(C)c2cnn(-c3cc(Cl)cc(CO)c3)c2)cc1C1CC1. The number of amides is 1. The van der Waals surface area contributed by atoms with Crippen LogP contribution in [0.3, 0.4) is 0 Å². The van der Waals surface area contributed by atoms with E-state index in [-0.39, 0.29) is 25.0 Å². The van der Waals surface area contributed by atoms with Crippen LogP contribution in [0.1, 0.15) is 55.3 Å². The lowest BCUT2D eigenvalue weighted by atomic mass is 10.0. The zero-order valence-corrected chi connectivity index (χ0v) is 18.5. The summed E-state index contributed by atoms with van der Waals surface area (Å²) in [5.74, 6) is -0.221. The van der Waals surface area contributed by atoms with Crippen LogP contribution in [-0.4, -0.2) is 43.3 Å². The number of benzene rings is 1. The van der Waals surface area contributed by atoms with Gasteiger partial charge >= 0.3 is 6.09 Å². The van der Waals surface area contributed by atoms with Gasteiger partial charge in [-0.15, -0.1) is 5.10 Å². The Morgan fingerprint density at radius 1 is 1.31 bits per heavy atom. The topological polar surface area (TPSA) is 111 Å². The Morgan fingerprint density at radius 3 is 2.78 bits per heavy atom. The maximum Gasteiger partial charge on any atom is 0.434 e. The molecule has 4 rings (SSSR count). The predicted molar refractivity (Wildman–Crippen MR) is 118 cm³/mol. The number of aromatic nitrogens is 4. The third-order valence-electron chi connectivity index (χ3n) is 5.31. The van der Waals surface area contributed by atoms with E-state index < -0.39 is 12.0 Å². The van der Waals surface area contributed by atoms with Crippen LogP contribution in [0, 0.1) is 0 Å². The molecular formula is C22H24ClN5O4. The first-order chi connectivity index (χ1) is 15.4. The van der Waals surface area contributed by atoms with Crippen molar-refractivity contribution in [2.45, 2.75) is 45.1 Å². The van der Waals surface area contributed by atoms with Crippen molar-refractivity contribution in [1.29, 1.82) is 0 Å². The van der Waals surface area contributed by atoms with Crippen molar-refractivity contribution in [2.75, 3.05) is 11.9 Å². The molecule has 9 nitrogen and oxygen atoms in total. The minimum absolute atomic E-state index is 0.137. The minimum atomic E-state index is -0.548. The van der Waals surface area contributed by atoms with Gasteiger partial charge < -0.3 is 15.2 Å². The van der Waals surface area contributed by atoms with Crippen LogP contribution in [0.25, 0.3) is 5.69 Å². The van der Waals surface area contributed by atoms with Crippen LogP contribution in [-0.2, 0) is 16.1 Å². The summed E-state index contributed by atoms with van der Waals surface area (Å²) in [7, 11) is 0. The maximum absolute atomic E-state index is 12.8. The predicted octanol–water partition coefficient (Wildman–Crippen LogP) is 3.84. The van der Waals surface area contributed by atoms with Gasteiger partial charge in [0, 0.05) is 28.8 Å². The number of nitrogens with zero attached hydrogens (tertiary/aromatic N) is 4. The number of anilines is 1. The number of carbonyl (C=O) groups excluding carboxylic acids is 2. The molecule has 1 aromatic carbocycles. The van der Waals surface area contributed by atoms with Gasteiger partial charge in [0.1, 0.15) is 0 Å². The van der Waals surface area contributed by atoms with Gasteiger partial charge in [-0.1, -0.05) is 11.6 Å².